The van der Waals surface area contributed by atoms with E-state index in [1.165, 1.54) is 12.1 Å². The Morgan fingerprint density at radius 2 is 2.15 bits per heavy atom. The van der Waals surface area contributed by atoms with Crippen LogP contribution < -0.4 is 10.9 Å². The fourth-order valence-corrected chi connectivity index (χ4v) is 2.06. The van der Waals surface area contributed by atoms with Gasteiger partial charge in [-0.3, -0.25) is 4.79 Å². The van der Waals surface area contributed by atoms with E-state index in [-0.39, 0.29) is 11.4 Å². The Morgan fingerprint density at radius 3 is 3.00 bits per heavy atom. The average Bonchev–Trinajstić information content (AvgIpc) is 2.91. The molecular weight excluding hydrogens is 259 g/mol. The number of rotatable bonds is 4. The molecule has 0 atom stereocenters. The molecule has 0 aliphatic carbocycles. The van der Waals surface area contributed by atoms with Gasteiger partial charge in [0.1, 0.15) is 11.3 Å². The molecule has 1 N–H and O–H groups in total. The van der Waals surface area contributed by atoms with Gasteiger partial charge < -0.3 is 9.88 Å². The lowest BCUT2D eigenvalue weighted by Gasteiger charge is -2.08. The molecule has 0 radical (unpaired) electrons. The third-order valence-electron chi connectivity index (χ3n) is 3.04. The van der Waals surface area contributed by atoms with Crippen molar-refractivity contribution in [2.24, 2.45) is 0 Å². The van der Waals surface area contributed by atoms with E-state index >= 15 is 0 Å². The molecule has 0 aliphatic heterocycles. The molecule has 2 heterocycles. The van der Waals surface area contributed by atoms with Gasteiger partial charge in [-0.1, -0.05) is 6.07 Å². The molecule has 0 bridgehead atoms. The number of benzene rings is 1. The molecule has 3 rings (SSSR count). The van der Waals surface area contributed by atoms with E-state index in [4.69, 9.17) is 0 Å². The van der Waals surface area contributed by atoms with Crippen molar-refractivity contribution in [1.29, 1.82) is 0 Å². The lowest BCUT2D eigenvalue weighted by atomic mass is 10.3. The van der Waals surface area contributed by atoms with E-state index in [9.17, 15) is 9.18 Å². The normalized spacial score (nSPS) is 10.8. The Balaban J connectivity index is 1.71. The fraction of sp³-hybridized carbons (Fsp3) is 0.143. The first-order valence-corrected chi connectivity index (χ1v) is 6.26. The molecular formula is C14H13FN4O. The van der Waals surface area contributed by atoms with Crippen LogP contribution in [0.2, 0.25) is 0 Å². The smallest absolute Gasteiger partial charge is 0.276 e. The van der Waals surface area contributed by atoms with Gasteiger partial charge in [0.15, 0.2) is 0 Å². The Morgan fingerprint density at radius 1 is 1.25 bits per heavy atom. The Kier molecular flexibility index (Phi) is 3.20. The highest BCUT2D eigenvalue weighted by atomic mass is 19.1. The van der Waals surface area contributed by atoms with Crippen molar-refractivity contribution >= 4 is 11.2 Å². The second-order valence-electron chi connectivity index (χ2n) is 4.39. The molecule has 2 aromatic heterocycles. The van der Waals surface area contributed by atoms with E-state index < -0.39 is 0 Å². The number of aromatic nitrogens is 3. The second kappa shape index (κ2) is 5.16. The quantitative estimate of drug-likeness (QED) is 0.787. The number of fused-ring (bicyclic) bond motifs is 1. The summed E-state index contributed by atoms with van der Waals surface area (Å²) in [4.78, 5) is 12.1. The summed E-state index contributed by atoms with van der Waals surface area (Å²) in [7, 11) is 0. The van der Waals surface area contributed by atoms with Gasteiger partial charge in [0.25, 0.3) is 5.56 Å². The van der Waals surface area contributed by atoms with E-state index in [0.29, 0.717) is 24.3 Å². The zero-order valence-corrected chi connectivity index (χ0v) is 10.7. The Bertz CT molecular complexity index is 793. The maximum atomic E-state index is 13.0. The van der Waals surface area contributed by atoms with Gasteiger partial charge in [0.05, 0.1) is 6.20 Å². The predicted molar refractivity (Wildman–Crippen MR) is 74.3 cm³/mol. The SMILES string of the molecule is O=c1c2ccnn2ccn1CCNc1cccc(F)c1. The van der Waals surface area contributed by atoms with Crippen molar-refractivity contribution in [1.82, 2.24) is 14.2 Å². The summed E-state index contributed by atoms with van der Waals surface area (Å²) < 4.78 is 16.2. The van der Waals surface area contributed by atoms with Gasteiger partial charge in [-0.2, -0.15) is 5.10 Å². The standard InChI is InChI=1S/C14H13FN4O/c15-11-2-1-3-12(10-11)16-6-7-18-8-9-19-13(14(18)20)4-5-17-19/h1-5,8-10,16H,6-7H2. The third kappa shape index (κ3) is 2.40. The fourth-order valence-electron chi connectivity index (χ4n) is 2.06. The number of hydrogen-bond donors (Lipinski definition) is 1. The molecule has 5 nitrogen and oxygen atoms in total. The van der Waals surface area contributed by atoms with Crippen molar-refractivity contribution in [3.05, 3.63) is 65.1 Å². The maximum Gasteiger partial charge on any atom is 0.276 e. The number of anilines is 1. The molecule has 0 amide bonds. The molecule has 1 aromatic carbocycles. The topological polar surface area (TPSA) is 51.3 Å². The van der Waals surface area contributed by atoms with Crippen LogP contribution in [0.15, 0.2) is 53.7 Å². The minimum absolute atomic E-state index is 0.0916. The van der Waals surface area contributed by atoms with Crippen LogP contribution in [0.4, 0.5) is 10.1 Å². The maximum absolute atomic E-state index is 13.0. The molecule has 0 fully saturated rings. The van der Waals surface area contributed by atoms with Gasteiger partial charge in [0.2, 0.25) is 0 Å². The van der Waals surface area contributed by atoms with Gasteiger partial charge in [-0.05, 0) is 24.3 Å². The average molecular weight is 272 g/mol. The third-order valence-corrected chi connectivity index (χ3v) is 3.04. The first-order valence-electron chi connectivity index (χ1n) is 6.26. The van der Waals surface area contributed by atoms with Crippen LogP contribution in [0.5, 0.6) is 0 Å². The summed E-state index contributed by atoms with van der Waals surface area (Å²) in [6, 6.07) is 7.92. The van der Waals surface area contributed by atoms with E-state index in [1.807, 2.05) is 0 Å². The number of halogens is 1. The first kappa shape index (κ1) is 12.4. The van der Waals surface area contributed by atoms with Gasteiger partial charge >= 0.3 is 0 Å². The highest BCUT2D eigenvalue weighted by molar-refractivity contribution is 5.43. The summed E-state index contributed by atoms with van der Waals surface area (Å²) in [6.45, 7) is 1.03. The van der Waals surface area contributed by atoms with Crippen LogP contribution in [0.25, 0.3) is 5.52 Å². The van der Waals surface area contributed by atoms with E-state index in [1.54, 1.807) is 45.9 Å². The minimum atomic E-state index is -0.284. The predicted octanol–water partition coefficient (Wildman–Crippen LogP) is 1.75. The Labute approximate surface area is 114 Å². The molecule has 0 aliphatic rings. The minimum Gasteiger partial charge on any atom is -0.383 e. The van der Waals surface area contributed by atoms with Crippen LogP contribution in [0.1, 0.15) is 0 Å². The van der Waals surface area contributed by atoms with Crippen molar-refractivity contribution in [2.75, 3.05) is 11.9 Å². The largest absolute Gasteiger partial charge is 0.383 e. The Hall–Kier alpha value is -2.63. The highest BCUT2D eigenvalue weighted by Crippen LogP contribution is 2.08. The summed E-state index contributed by atoms with van der Waals surface area (Å²) in [5, 5.41) is 7.09. The van der Waals surface area contributed by atoms with Crippen LogP contribution >= 0.6 is 0 Å². The van der Waals surface area contributed by atoms with E-state index in [0.717, 1.165) is 0 Å². The molecule has 0 saturated carbocycles. The van der Waals surface area contributed by atoms with Gasteiger partial charge in [-0.25, -0.2) is 8.91 Å². The first-order chi connectivity index (χ1) is 9.74. The molecule has 20 heavy (non-hydrogen) atoms. The van der Waals surface area contributed by atoms with Crippen molar-refractivity contribution in [2.45, 2.75) is 6.54 Å². The van der Waals surface area contributed by atoms with Crippen molar-refractivity contribution in [3.8, 4) is 0 Å². The summed E-state index contributed by atoms with van der Waals surface area (Å²) in [6.07, 6.45) is 5.01. The number of hydrogen-bond acceptors (Lipinski definition) is 3. The van der Waals surface area contributed by atoms with Crippen LogP contribution in [-0.2, 0) is 6.54 Å². The molecule has 0 saturated heterocycles. The lowest BCUT2D eigenvalue weighted by molar-refractivity contribution is 0.627. The van der Waals surface area contributed by atoms with Crippen LogP contribution in [0, 0.1) is 5.82 Å². The van der Waals surface area contributed by atoms with E-state index in [2.05, 4.69) is 10.4 Å². The monoisotopic (exact) mass is 272 g/mol. The van der Waals surface area contributed by atoms with Crippen LogP contribution in [-0.4, -0.2) is 20.7 Å². The summed E-state index contributed by atoms with van der Waals surface area (Å²) in [5.41, 5.74) is 1.15. The molecule has 102 valence electrons. The van der Waals surface area contributed by atoms with Gasteiger partial charge in [0, 0.05) is 31.2 Å². The molecule has 0 unspecified atom stereocenters. The summed E-state index contributed by atoms with van der Waals surface area (Å²) in [5.74, 6) is -0.284. The van der Waals surface area contributed by atoms with Gasteiger partial charge in [-0.15, -0.1) is 0 Å². The molecule has 0 spiro atoms. The summed E-state index contributed by atoms with van der Waals surface area (Å²) >= 11 is 0. The van der Waals surface area contributed by atoms with Crippen molar-refractivity contribution < 1.29 is 4.39 Å². The highest BCUT2D eigenvalue weighted by Gasteiger charge is 2.02. The second-order valence-corrected chi connectivity index (χ2v) is 4.39. The van der Waals surface area contributed by atoms with Crippen LogP contribution in [0.3, 0.4) is 0 Å². The molecule has 3 aromatic rings. The van der Waals surface area contributed by atoms with Crippen molar-refractivity contribution in [3.63, 3.8) is 0 Å². The zero-order chi connectivity index (χ0) is 13.9. The zero-order valence-electron chi connectivity index (χ0n) is 10.7. The lowest BCUT2D eigenvalue weighted by Crippen LogP contribution is -2.24. The molecule has 6 heteroatoms. The number of nitrogens with one attached hydrogen (secondary N) is 1. The number of nitrogens with zero attached hydrogens (tertiary/aromatic N) is 3.